The summed E-state index contributed by atoms with van der Waals surface area (Å²) in [6, 6.07) is 9.81. The smallest absolute Gasteiger partial charge is 0.256 e. The number of rotatable bonds is 4. The topological polar surface area (TPSA) is 63.8 Å². The van der Waals surface area contributed by atoms with Crippen LogP contribution in [-0.2, 0) is 4.74 Å². The molecule has 0 saturated carbocycles. The lowest BCUT2D eigenvalue weighted by Crippen LogP contribution is -2.34. The molecule has 2 heterocycles. The Bertz CT molecular complexity index is 1140. The quantitative estimate of drug-likeness (QED) is 0.615. The Kier molecular flexibility index (Phi) is 5.73. The van der Waals surface area contributed by atoms with Crippen molar-refractivity contribution in [2.45, 2.75) is 18.9 Å². The number of hydrogen-bond acceptors (Lipinski definition) is 4. The summed E-state index contributed by atoms with van der Waals surface area (Å²) in [5, 5.41) is 3.48. The molecular formula is C21H17BrF2N2O3. The molecule has 2 aromatic carbocycles. The molecule has 1 saturated heterocycles. The number of ether oxygens (including phenoxy) is 1. The third-order valence-corrected chi connectivity index (χ3v) is 5.09. The zero-order valence-corrected chi connectivity index (χ0v) is 16.8. The Morgan fingerprint density at radius 3 is 2.86 bits per heavy atom. The zero-order valence-electron chi connectivity index (χ0n) is 15.3. The molecule has 1 fully saturated rings. The van der Waals surface area contributed by atoms with Gasteiger partial charge in [0.1, 0.15) is 28.5 Å². The lowest BCUT2D eigenvalue weighted by molar-refractivity contribution is 0.0854. The van der Waals surface area contributed by atoms with Crippen LogP contribution in [0.5, 0.6) is 0 Å². The minimum absolute atomic E-state index is 0.0356. The molecule has 29 heavy (non-hydrogen) atoms. The first-order valence-electron chi connectivity index (χ1n) is 9.12. The molecular weight excluding hydrogens is 446 g/mol. The number of carbonyl (C=O) groups excluding carboxylic acids is 1. The van der Waals surface area contributed by atoms with E-state index < -0.39 is 17.5 Å². The van der Waals surface area contributed by atoms with Crippen LogP contribution < -0.4 is 10.9 Å². The van der Waals surface area contributed by atoms with E-state index in [0.29, 0.717) is 24.1 Å². The molecule has 0 unspecified atom stereocenters. The summed E-state index contributed by atoms with van der Waals surface area (Å²) >= 11 is 3.39. The van der Waals surface area contributed by atoms with Crippen molar-refractivity contribution >= 4 is 38.5 Å². The van der Waals surface area contributed by atoms with Crippen LogP contribution in [0.1, 0.15) is 23.2 Å². The summed E-state index contributed by atoms with van der Waals surface area (Å²) in [5.74, 6) is -1.79. The van der Waals surface area contributed by atoms with Gasteiger partial charge < -0.3 is 14.5 Å². The van der Waals surface area contributed by atoms with Crippen LogP contribution >= 0.6 is 15.9 Å². The number of nitrogens with zero attached hydrogens (tertiary/aromatic N) is 1. The fraction of sp³-hybridized carbons (Fsp3) is 0.238. The largest absolute Gasteiger partial charge is 0.438 e. The van der Waals surface area contributed by atoms with Gasteiger partial charge in [-0.05, 0) is 49.2 Å². The molecule has 5 nitrogen and oxygen atoms in total. The van der Waals surface area contributed by atoms with Crippen molar-refractivity contribution < 1.29 is 22.7 Å². The molecule has 4 rings (SSSR count). The Balaban J connectivity index is 1.79. The van der Waals surface area contributed by atoms with Crippen molar-refractivity contribution in [2.75, 3.05) is 13.2 Å². The number of hydrogen-bond donors (Lipinski definition) is 1. The van der Waals surface area contributed by atoms with Gasteiger partial charge in [-0.1, -0.05) is 15.9 Å². The van der Waals surface area contributed by atoms with E-state index in [2.05, 4.69) is 26.2 Å². The van der Waals surface area contributed by atoms with Crippen molar-refractivity contribution in [2.24, 2.45) is 4.99 Å². The van der Waals surface area contributed by atoms with Gasteiger partial charge in [0.2, 0.25) is 5.55 Å². The Morgan fingerprint density at radius 2 is 2.07 bits per heavy atom. The first kappa shape index (κ1) is 19.7. The molecule has 1 atom stereocenters. The zero-order chi connectivity index (χ0) is 20.4. The van der Waals surface area contributed by atoms with Crippen LogP contribution in [0.3, 0.4) is 0 Å². The minimum Gasteiger partial charge on any atom is -0.438 e. The summed E-state index contributed by atoms with van der Waals surface area (Å²) in [5.41, 5.74) is 0.226. The first-order valence-corrected chi connectivity index (χ1v) is 9.92. The van der Waals surface area contributed by atoms with Gasteiger partial charge in [0.15, 0.2) is 0 Å². The molecule has 3 aromatic rings. The van der Waals surface area contributed by atoms with Crippen LogP contribution in [0.4, 0.5) is 14.5 Å². The van der Waals surface area contributed by atoms with E-state index in [1.54, 1.807) is 24.3 Å². The third-order valence-electron chi connectivity index (χ3n) is 4.60. The van der Waals surface area contributed by atoms with Crippen molar-refractivity contribution in [3.05, 3.63) is 69.7 Å². The molecule has 0 spiro atoms. The summed E-state index contributed by atoms with van der Waals surface area (Å²) in [6.07, 6.45) is 1.80. The van der Waals surface area contributed by atoms with Crippen molar-refractivity contribution in [3.63, 3.8) is 0 Å². The molecule has 1 aliphatic heterocycles. The normalized spacial score (nSPS) is 17.1. The highest BCUT2D eigenvalue weighted by molar-refractivity contribution is 9.10. The van der Waals surface area contributed by atoms with E-state index in [1.165, 1.54) is 0 Å². The van der Waals surface area contributed by atoms with Gasteiger partial charge in [-0.3, -0.25) is 4.79 Å². The molecule has 8 heteroatoms. The summed E-state index contributed by atoms with van der Waals surface area (Å²) < 4.78 is 39.7. The second-order valence-electron chi connectivity index (χ2n) is 6.70. The standard InChI is InChI=1S/C21H17BrF2N2O3/c22-13-3-6-19-12(8-13)9-16(20(27)25-11-15-2-1-7-28-15)21(29-19)26-18-10-14(23)4-5-17(18)24/h3-6,8-10,15H,1-2,7,11H2,(H,25,27)/t15-/m1/s1. The first-order chi connectivity index (χ1) is 14.0. The van der Waals surface area contributed by atoms with Gasteiger partial charge in [-0.25, -0.2) is 13.8 Å². The van der Waals surface area contributed by atoms with Gasteiger partial charge in [0.25, 0.3) is 5.91 Å². The van der Waals surface area contributed by atoms with Gasteiger partial charge in [-0.15, -0.1) is 0 Å². The van der Waals surface area contributed by atoms with Crippen LogP contribution in [0, 0.1) is 11.6 Å². The van der Waals surface area contributed by atoms with E-state index in [4.69, 9.17) is 9.15 Å². The highest BCUT2D eigenvalue weighted by atomic mass is 79.9. The highest BCUT2D eigenvalue weighted by Crippen LogP contribution is 2.22. The predicted octanol–water partition coefficient (Wildman–Crippen LogP) is 4.61. The summed E-state index contributed by atoms with van der Waals surface area (Å²) in [6.45, 7) is 1.03. The van der Waals surface area contributed by atoms with Crippen LogP contribution in [0.25, 0.3) is 11.0 Å². The van der Waals surface area contributed by atoms with Crippen molar-refractivity contribution in [1.82, 2.24) is 5.32 Å². The third kappa shape index (κ3) is 4.54. The highest BCUT2D eigenvalue weighted by Gasteiger charge is 2.19. The Labute approximate surface area is 173 Å². The maximum atomic E-state index is 14.1. The van der Waals surface area contributed by atoms with Crippen molar-refractivity contribution in [1.29, 1.82) is 0 Å². The Hall–Kier alpha value is -2.58. The summed E-state index contributed by atoms with van der Waals surface area (Å²) in [7, 11) is 0. The molecule has 0 aliphatic carbocycles. The van der Waals surface area contributed by atoms with E-state index in [0.717, 1.165) is 35.5 Å². The van der Waals surface area contributed by atoms with Crippen molar-refractivity contribution in [3.8, 4) is 0 Å². The number of fused-ring (bicyclic) bond motifs is 1. The van der Waals surface area contributed by atoms with E-state index in [1.807, 2.05) is 0 Å². The molecule has 150 valence electrons. The lowest BCUT2D eigenvalue weighted by Gasteiger charge is -2.11. The number of halogens is 3. The number of amides is 1. The number of nitrogens with one attached hydrogen (secondary N) is 1. The monoisotopic (exact) mass is 462 g/mol. The maximum Gasteiger partial charge on any atom is 0.256 e. The number of benzene rings is 2. The van der Waals surface area contributed by atoms with Gasteiger partial charge >= 0.3 is 0 Å². The van der Waals surface area contributed by atoms with Gasteiger partial charge in [0, 0.05) is 29.1 Å². The second-order valence-corrected chi connectivity index (χ2v) is 7.62. The minimum atomic E-state index is -0.719. The fourth-order valence-corrected chi connectivity index (χ4v) is 3.51. The van der Waals surface area contributed by atoms with E-state index in [-0.39, 0.29) is 22.9 Å². The number of carbonyl (C=O) groups is 1. The van der Waals surface area contributed by atoms with Crippen LogP contribution in [0.15, 0.2) is 56.3 Å². The molecule has 1 amide bonds. The lowest BCUT2D eigenvalue weighted by atomic mass is 10.1. The molecule has 0 radical (unpaired) electrons. The molecule has 1 aromatic heterocycles. The van der Waals surface area contributed by atoms with Gasteiger partial charge in [0.05, 0.1) is 6.10 Å². The average molecular weight is 463 g/mol. The SMILES string of the molecule is O=C(NC[C@H]1CCCO1)c1cc2cc(Br)ccc2oc1=Nc1cc(F)ccc1F. The van der Waals surface area contributed by atoms with E-state index in [9.17, 15) is 13.6 Å². The second kappa shape index (κ2) is 8.42. The van der Waals surface area contributed by atoms with E-state index >= 15 is 0 Å². The fourth-order valence-electron chi connectivity index (χ4n) is 3.14. The summed E-state index contributed by atoms with van der Waals surface area (Å²) in [4.78, 5) is 16.9. The predicted molar refractivity (Wildman–Crippen MR) is 107 cm³/mol. The average Bonchev–Trinajstić information content (AvgIpc) is 3.22. The molecule has 1 N–H and O–H groups in total. The van der Waals surface area contributed by atoms with Crippen LogP contribution in [0.2, 0.25) is 0 Å². The molecule has 1 aliphatic rings. The van der Waals surface area contributed by atoms with Gasteiger partial charge in [-0.2, -0.15) is 0 Å². The molecule has 0 bridgehead atoms. The van der Waals surface area contributed by atoms with Crippen LogP contribution in [-0.4, -0.2) is 25.2 Å². The Morgan fingerprint density at radius 1 is 1.21 bits per heavy atom. The maximum absolute atomic E-state index is 14.1.